The molecule has 2 aromatic rings. The van der Waals surface area contributed by atoms with Gasteiger partial charge in [0.25, 0.3) is 0 Å². The van der Waals surface area contributed by atoms with E-state index in [2.05, 4.69) is 15.9 Å². The highest BCUT2D eigenvalue weighted by Gasteiger charge is 2.02. The molecule has 0 aliphatic carbocycles. The van der Waals surface area contributed by atoms with Crippen molar-refractivity contribution in [3.05, 3.63) is 64.1 Å². The smallest absolute Gasteiger partial charge is 0.248 e. The topological polar surface area (TPSA) is 52.3 Å². The lowest BCUT2D eigenvalue weighted by atomic mass is 10.1. The van der Waals surface area contributed by atoms with E-state index in [1.807, 2.05) is 30.3 Å². The zero-order valence-electron chi connectivity index (χ0n) is 9.60. The van der Waals surface area contributed by atoms with Crippen LogP contribution in [0.5, 0.6) is 5.75 Å². The Balaban J connectivity index is 2.04. The summed E-state index contributed by atoms with van der Waals surface area (Å²) >= 11 is 3.36. The van der Waals surface area contributed by atoms with Crippen molar-refractivity contribution >= 4 is 21.8 Å². The second-order valence-electron chi connectivity index (χ2n) is 3.81. The third-order valence-electron chi connectivity index (χ3n) is 2.43. The molecule has 0 aromatic heterocycles. The highest BCUT2D eigenvalue weighted by atomic mass is 79.9. The lowest BCUT2D eigenvalue weighted by Gasteiger charge is -2.07. The maximum Gasteiger partial charge on any atom is 0.248 e. The van der Waals surface area contributed by atoms with E-state index < -0.39 is 5.91 Å². The van der Waals surface area contributed by atoms with Gasteiger partial charge in [-0.25, -0.2) is 0 Å². The second kappa shape index (κ2) is 5.69. The lowest BCUT2D eigenvalue weighted by Crippen LogP contribution is -2.11. The zero-order chi connectivity index (χ0) is 13.0. The minimum atomic E-state index is -0.430. The first-order chi connectivity index (χ1) is 8.65. The Bertz CT molecular complexity index is 552. The van der Waals surface area contributed by atoms with E-state index in [4.69, 9.17) is 10.5 Å². The van der Waals surface area contributed by atoms with Crippen LogP contribution in [0.1, 0.15) is 15.9 Å². The molecule has 0 atom stereocenters. The minimum Gasteiger partial charge on any atom is -0.489 e. The number of carbonyl (C=O) groups excluding carboxylic acids is 1. The normalized spacial score (nSPS) is 10.1. The first-order valence-electron chi connectivity index (χ1n) is 5.42. The molecule has 1 amide bonds. The van der Waals surface area contributed by atoms with Gasteiger partial charge in [-0.1, -0.05) is 28.1 Å². The van der Waals surface area contributed by atoms with Crippen molar-refractivity contribution in [3.63, 3.8) is 0 Å². The predicted octanol–water partition coefficient (Wildman–Crippen LogP) is 3.13. The fourth-order valence-electron chi connectivity index (χ4n) is 1.51. The van der Waals surface area contributed by atoms with Crippen LogP contribution < -0.4 is 10.5 Å². The summed E-state index contributed by atoms with van der Waals surface area (Å²) in [6.45, 7) is 0.406. The van der Waals surface area contributed by atoms with Crippen LogP contribution in [0.2, 0.25) is 0 Å². The summed E-state index contributed by atoms with van der Waals surface area (Å²) in [6.07, 6.45) is 0. The Kier molecular flexibility index (Phi) is 3.99. The van der Waals surface area contributed by atoms with Crippen LogP contribution in [0.3, 0.4) is 0 Å². The minimum absolute atomic E-state index is 0.406. The average molecular weight is 306 g/mol. The zero-order valence-corrected chi connectivity index (χ0v) is 11.2. The molecule has 4 heteroatoms. The number of nitrogens with two attached hydrogens (primary N) is 1. The van der Waals surface area contributed by atoms with Crippen molar-refractivity contribution in [2.75, 3.05) is 0 Å². The Morgan fingerprint density at radius 3 is 2.56 bits per heavy atom. The van der Waals surface area contributed by atoms with Crippen molar-refractivity contribution in [1.82, 2.24) is 0 Å². The van der Waals surface area contributed by atoms with Crippen molar-refractivity contribution < 1.29 is 9.53 Å². The van der Waals surface area contributed by atoms with E-state index in [1.165, 1.54) is 0 Å². The third-order valence-corrected chi connectivity index (χ3v) is 2.96. The van der Waals surface area contributed by atoms with Gasteiger partial charge in [0, 0.05) is 10.0 Å². The van der Waals surface area contributed by atoms with Gasteiger partial charge in [-0.3, -0.25) is 4.79 Å². The van der Waals surface area contributed by atoms with Crippen LogP contribution in [0, 0.1) is 0 Å². The number of primary amides is 1. The molecule has 2 rings (SSSR count). The van der Waals surface area contributed by atoms with Gasteiger partial charge in [-0.05, 0) is 42.0 Å². The molecule has 0 bridgehead atoms. The van der Waals surface area contributed by atoms with Gasteiger partial charge in [-0.2, -0.15) is 0 Å². The van der Waals surface area contributed by atoms with Gasteiger partial charge in [0.1, 0.15) is 12.4 Å². The molecule has 0 heterocycles. The standard InChI is InChI=1S/C14H12BrNO2/c15-12-4-6-13(7-5-12)18-9-10-2-1-3-11(8-10)14(16)17/h1-8H,9H2,(H2,16,17). The molecule has 2 N–H and O–H groups in total. The molecule has 18 heavy (non-hydrogen) atoms. The van der Waals surface area contributed by atoms with E-state index in [0.29, 0.717) is 12.2 Å². The molecule has 0 radical (unpaired) electrons. The highest BCUT2D eigenvalue weighted by molar-refractivity contribution is 9.10. The van der Waals surface area contributed by atoms with Gasteiger partial charge < -0.3 is 10.5 Å². The van der Waals surface area contributed by atoms with Gasteiger partial charge >= 0.3 is 0 Å². The molecule has 0 aliphatic rings. The van der Waals surface area contributed by atoms with Gasteiger partial charge in [0.05, 0.1) is 0 Å². The highest BCUT2D eigenvalue weighted by Crippen LogP contribution is 2.17. The molecule has 0 saturated carbocycles. The number of benzene rings is 2. The molecule has 0 spiro atoms. The fourth-order valence-corrected chi connectivity index (χ4v) is 1.78. The summed E-state index contributed by atoms with van der Waals surface area (Å²) in [6, 6.07) is 14.7. The summed E-state index contributed by atoms with van der Waals surface area (Å²) in [4.78, 5) is 11.0. The van der Waals surface area contributed by atoms with Crippen LogP contribution in [-0.4, -0.2) is 5.91 Å². The monoisotopic (exact) mass is 305 g/mol. The molecular weight excluding hydrogens is 294 g/mol. The molecule has 0 fully saturated rings. The Morgan fingerprint density at radius 1 is 1.17 bits per heavy atom. The van der Waals surface area contributed by atoms with Gasteiger partial charge in [-0.15, -0.1) is 0 Å². The van der Waals surface area contributed by atoms with Gasteiger partial charge in [0.15, 0.2) is 0 Å². The largest absolute Gasteiger partial charge is 0.489 e. The number of ether oxygens (including phenoxy) is 1. The Labute approximate surface area is 114 Å². The van der Waals surface area contributed by atoms with E-state index in [9.17, 15) is 4.79 Å². The summed E-state index contributed by atoms with van der Waals surface area (Å²) in [5, 5.41) is 0. The van der Waals surface area contributed by atoms with Gasteiger partial charge in [0.2, 0.25) is 5.91 Å². The number of halogens is 1. The molecule has 0 saturated heterocycles. The van der Waals surface area contributed by atoms with Crippen molar-refractivity contribution in [1.29, 1.82) is 0 Å². The number of amides is 1. The lowest BCUT2D eigenvalue weighted by molar-refractivity contribution is 0.1000. The molecular formula is C14H12BrNO2. The van der Waals surface area contributed by atoms with Crippen molar-refractivity contribution in [2.24, 2.45) is 5.73 Å². The van der Waals surface area contributed by atoms with Crippen molar-refractivity contribution in [2.45, 2.75) is 6.61 Å². The number of carbonyl (C=O) groups is 1. The van der Waals surface area contributed by atoms with Crippen LogP contribution in [0.15, 0.2) is 53.0 Å². The van der Waals surface area contributed by atoms with E-state index in [-0.39, 0.29) is 0 Å². The van der Waals surface area contributed by atoms with Crippen LogP contribution in [-0.2, 0) is 6.61 Å². The number of hydrogen-bond acceptors (Lipinski definition) is 2. The van der Waals surface area contributed by atoms with E-state index in [0.717, 1.165) is 15.8 Å². The molecule has 92 valence electrons. The van der Waals surface area contributed by atoms with Crippen LogP contribution in [0.25, 0.3) is 0 Å². The van der Waals surface area contributed by atoms with Crippen LogP contribution in [0.4, 0.5) is 0 Å². The average Bonchev–Trinajstić information content (AvgIpc) is 2.38. The fraction of sp³-hybridized carbons (Fsp3) is 0.0714. The van der Waals surface area contributed by atoms with Crippen molar-refractivity contribution in [3.8, 4) is 5.75 Å². The maximum atomic E-state index is 11.0. The summed E-state index contributed by atoms with van der Waals surface area (Å²) in [5.41, 5.74) is 6.63. The third kappa shape index (κ3) is 3.34. The number of rotatable bonds is 4. The maximum absolute atomic E-state index is 11.0. The Morgan fingerprint density at radius 2 is 1.89 bits per heavy atom. The first-order valence-corrected chi connectivity index (χ1v) is 6.21. The molecule has 3 nitrogen and oxygen atoms in total. The quantitative estimate of drug-likeness (QED) is 0.943. The predicted molar refractivity (Wildman–Crippen MR) is 73.4 cm³/mol. The number of hydrogen-bond donors (Lipinski definition) is 1. The summed E-state index contributed by atoms with van der Waals surface area (Å²) in [7, 11) is 0. The summed E-state index contributed by atoms with van der Waals surface area (Å²) in [5.74, 6) is 0.350. The second-order valence-corrected chi connectivity index (χ2v) is 4.72. The van der Waals surface area contributed by atoms with Crippen LogP contribution >= 0.6 is 15.9 Å². The van der Waals surface area contributed by atoms with E-state index in [1.54, 1.807) is 18.2 Å². The SMILES string of the molecule is NC(=O)c1cccc(COc2ccc(Br)cc2)c1. The molecule has 2 aromatic carbocycles. The molecule has 0 aliphatic heterocycles. The first kappa shape index (κ1) is 12.6. The summed E-state index contributed by atoms with van der Waals surface area (Å²) < 4.78 is 6.61. The van der Waals surface area contributed by atoms with E-state index >= 15 is 0 Å². The molecule has 0 unspecified atom stereocenters. The Hall–Kier alpha value is -1.81.